The Hall–Kier alpha value is -1.51. The Morgan fingerprint density at radius 1 is 1.44 bits per heavy atom. The van der Waals surface area contributed by atoms with Gasteiger partial charge in [-0.15, -0.1) is 0 Å². The summed E-state index contributed by atoms with van der Waals surface area (Å²) in [6.45, 7) is 11.0. The second-order valence-corrected chi connectivity index (χ2v) is 4.28. The lowest BCUT2D eigenvalue weighted by molar-refractivity contribution is 0.0683. The van der Waals surface area contributed by atoms with E-state index in [-0.39, 0.29) is 12.0 Å². The molecule has 100 valence electrons. The average molecular weight is 251 g/mol. The van der Waals surface area contributed by atoms with Gasteiger partial charge in [0.15, 0.2) is 6.23 Å². The first kappa shape index (κ1) is 14.6. The fourth-order valence-corrected chi connectivity index (χ4v) is 1.97. The highest BCUT2D eigenvalue weighted by atomic mass is 19.1. The summed E-state index contributed by atoms with van der Waals surface area (Å²) in [6.07, 6.45) is 1.86. The molecule has 1 atom stereocenters. The van der Waals surface area contributed by atoms with E-state index in [0.717, 1.165) is 25.1 Å². The van der Waals surface area contributed by atoms with Crippen LogP contribution in [0.1, 0.15) is 33.6 Å². The molecule has 0 N–H and O–H groups in total. The van der Waals surface area contributed by atoms with Gasteiger partial charge in [0.2, 0.25) is 0 Å². The normalized spacial score (nSPS) is 12.0. The molecule has 0 aliphatic carbocycles. The second-order valence-electron chi connectivity index (χ2n) is 4.28. The van der Waals surface area contributed by atoms with Crippen LogP contribution in [0.4, 0.5) is 4.39 Å². The fraction of sp³-hybridized carbons (Fsp3) is 0.467. The summed E-state index contributed by atoms with van der Waals surface area (Å²) in [6, 6.07) is 6.21. The molecule has 0 aromatic heterocycles. The van der Waals surface area contributed by atoms with Crippen LogP contribution in [0.25, 0.3) is 0 Å². The van der Waals surface area contributed by atoms with E-state index in [0.29, 0.717) is 5.75 Å². The van der Waals surface area contributed by atoms with Crippen molar-refractivity contribution < 1.29 is 9.13 Å². The van der Waals surface area contributed by atoms with Crippen molar-refractivity contribution >= 4 is 0 Å². The van der Waals surface area contributed by atoms with Crippen molar-refractivity contribution in [2.24, 2.45) is 0 Å². The smallest absolute Gasteiger partial charge is 0.169 e. The molecule has 0 spiro atoms. The maximum absolute atomic E-state index is 13.1. The van der Waals surface area contributed by atoms with Crippen molar-refractivity contribution in [3.05, 3.63) is 42.4 Å². The molecule has 0 aliphatic rings. The van der Waals surface area contributed by atoms with Gasteiger partial charge >= 0.3 is 0 Å². The van der Waals surface area contributed by atoms with Gasteiger partial charge in [-0.05, 0) is 32.4 Å². The number of nitrogens with zero attached hydrogens (tertiary/aromatic N) is 1. The minimum absolute atomic E-state index is 0.143. The van der Waals surface area contributed by atoms with Gasteiger partial charge in [-0.3, -0.25) is 0 Å². The van der Waals surface area contributed by atoms with Gasteiger partial charge < -0.3 is 9.64 Å². The summed E-state index contributed by atoms with van der Waals surface area (Å²) >= 11 is 0. The van der Waals surface area contributed by atoms with E-state index in [4.69, 9.17) is 4.74 Å². The monoisotopic (exact) mass is 251 g/mol. The molecule has 1 aromatic rings. The molecule has 3 heteroatoms. The fourth-order valence-electron chi connectivity index (χ4n) is 1.97. The van der Waals surface area contributed by atoms with Crippen LogP contribution in [-0.4, -0.2) is 17.7 Å². The van der Waals surface area contributed by atoms with Crippen LogP contribution in [0.3, 0.4) is 0 Å². The van der Waals surface area contributed by atoms with Crippen LogP contribution in [0.2, 0.25) is 0 Å². The van der Waals surface area contributed by atoms with Crippen LogP contribution < -0.4 is 4.74 Å². The molecule has 1 unspecified atom stereocenters. The topological polar surface area (TPSA) is 12.5 Å². The Labute approximate surface area is 109 Å². The number of halogens is 1. The van der Waals surface area contributed by atoms with Crippen molar-refractivity contribution in [2.45, 2.75) is 39.8 Å². The zero-order valence-corrected chi connectivity index (χ0v) is 11.4. The maximum atomic E-state index is 13.1. The predicted molar refractivity (Wildman–Crippen MR) is 72.9 cm³/mol. The van der Waals surface area contributed by atoms with Gasteiger partial charge in [0.25, 0.3) is 0 Å². The molecule has 0 radical (unpaired) electrons. The summed E-state index contributed by atoms with van der Waals surface area (Å²) in [7, 11) is 0. The highest BCUT2D eigenvalue weighted by Crippen LogP contribution is 2.18. The Morgan fingerprint density at radius 3 is 2.72 bits per heavy atom. The van der Waals surface area contributed by atoms with Gasteiger partial charge in [-0.25, -0.2) is 4.39 Å². The SMILES string of the molecule is C=C(CCC)N(CC)C(C)Oc1cccc(F)c1. The summed E-state index contributed by atoms with van der Waals surface area (Å²) in [5, 5.41) is 0. The number of rotatable bonds is 7. The molecule has 0 fully saturated rings. The van der Waals surface area contributed by atoms with E-state index >= 15 is 0 Å². The summed E-state index contributed by atoms with van der Waals surface area (Å²) in [5.74, 6) is 0.264. The molecule has 1 rings (SSSR count). The van der Waals surface area contributed by atoms with Gasteiger partial charge in [-0.1, -0.05) is 26.0 Å². The number of hydrogen-bond acceptors (Lipinski definition) is 2. The van der Waals surface area contributed by atoms with Crippen molar-refractivity contribution in [3.8, 4) is 5.75 Å². The first-order chi connectivity index (χ1) is 8.58. The third-order valence-corrected chi connectivity index (χ3v) is 2.83. The zero-order valence-electron chi connectivity index (χ0n) is 11.4. The van der Waals surface area contributed by atoms with E-state index in [2.05, 4.69) is 25.3 Å². The lowest BCUT2D eigenvalue weighted by Gasteiger charge is -2.31. The van der Waals surface area contributed by atoms with Crippen molar-refractivity contribution in [1.29, 1.82) is 0 Å². The highest BCUT2D eigenvalue weighted by Gasteiger charge is 2.14. The Morgan fingerprint density at radius 2 is 2.17 bits per heavy atom. The Bertz CT molecular complexity index is 392. The number of ether oxygens (including phenoxy) is 1. The minimum Gasteiger partial charge on any atom is -0.471 e. The molecule has 0 saturated heterocycles. The third-order valence-electron chi connectivity index (χ3n) is 2.83. The van der Waals surface area contributed by atoms with Crippen LogP contribution in [0, 0.1) is 5.82 Å². The number of benzene rings is 1. The molecule has 18 heavy (non-hydrogen) atoms. The summed E-state index contributed by atoms with van der Waals surface area (Å²) in [4.78, 5) is 2.09. The van der Waals surface area contributed by atoms with E-state index in [1.807, 2.05) is 6.92 Å². The lowest BCUT2D eigenvalue weighted by atomic mass is 10.2. The molecule has 0 aliphatic heterocycles. The van der Waals surface area contributed by atoms with E-state index in [1.54, 1.807) is 12.1 Å². The van der Waals surface area contributed by atoms with Crippen LogP contribution in [0.5, 0.6) is 5.75 Å². The Kier molecular flexibility index (Phi) is 5.69. The van der Waals surface area contributed by atoms with Gasteiger partial charge in [0, 0.05) is 18.3 Å². The lowest BCUT2D eigenvalue weighted by Crippen LogP contribution is -2.36. The molecule has 0 saturated carbocycles. The standard InChI is InChI=1S/C15H22FNO/c1-5-8-12(3)17(6-2)13(4)18-15-10-7-9-14(16)11-15/h7,9-11,13H,3,5-6,8H2,1-2,4H3. The summed E-state index contributed by atoms with van der Waals surface area (Å²) < 4.78 is 18.8. The quantitative estimate of drug-likeness (QED) is 0.674. The van der Waals surface area contributed by atoms with Crippen LogP contribution in [-0.2, 0) is 0 Å². The molecule has 2 nitrogen and oxygen atoms in total. The van der Waals surface area contributed by atoms with Gasteiger partial charge in [0.1, 0.15) is 11.6 Å². The largest absolute Gasteiger partial charge is 0.471 e. The minimum atomic E-state index is -0.282. The predicted octanol–water partition coefficient (Wildman–Crippen LogP) is 4.19. The van der Waals surface area contributed by atoms with Crippen molar-refractivity contribution in [2.75, 3.05) is 6.54 Å². The van der Waals surface area contributed by atoms with Crippen molar-refractivity contribution in [1.82, 2.24) is 4.90 Å². The maximum Gasteiger partial charge on any atom is 0.169 e. The highest BCUT2D eigenvalue weighted by molar-refractivity contribution is 5.22. The molecular weight excluding hydrogens is 229 g/mol. The third kappa shape index (κ3) is 4.06. The molecule has 0 heterocycles. The van der Waals surface area contributed by atoms with Crippen LogP contribution in [0.15, 0.2) is 36.5 Å². The second kappa shape index (κ2) is 7.04. The average Bonchev–Trinajstić information content (AvgIpc) is 2.30. The molecule has 0 bridgehead atoms. The number of hydrogen-bond donors (Lipinski definition) is 0. The first-order valence-corrected chi connectivity index (χ1v) is 6.45. The van der Waals surface area contributed by atoms with Gasteiger partial charge in [-0.2, -0.15) is 0 Å². The molecule has 0 amide bonds. The Balaban J connectivity index is 2.67. The molecule has 1 aromatic carbocycles. The van der Waals surface area contributed by atoms with E-state index in [1.165, 1.54) is 12.1 Å². The van der Waals surface area contributed by atoms with Gasteiger partial charge in [0.05, 0.1) is 0 Å². The summed E-state index contributed by atoms with van der Waals surface area (Å²) in [5.41, 5.74) is 1.06. The van der Waals surface area contributed by atoms with E-state index in [9.17, 15) is 4.39 Å². The zero-order chi connectivity index (χ0) is 13.5. The number of allylic oxidation sites excluding steroid dienone is 1. The molecular formula is C15H22FNO. The first-order valence-electron chi connectivity index (χ1n) is 6.45. The van der Waals surface area contributed by atoms with Crippen molar-refractivity contribution in [3.63, 3.8) is 0 Å². The van der Waals surface area contributed by atoms with E-state index < -0.39 is 0 Å². The van der Waals surface area contributed by atoms with Crippen LogP contribution >= 0.6 is 0 Å².